The number of nitrogens with one attached hydrogen (secondary N) is 1. The van der Waals surface area contributed by atoms with Gasteiger partial charge in [0.05, 0.1) is 0 Å². The number of aliphatic carboxylic acids is 1. The Morgan fingerprint density at radius 1 is 1.28 bits per heavy atom. The van der Waals surface area contributed by atoms with Crippen molar-refractivity contribution in [2.75, 3.05) is 6.54 Å². The van der Waals surface area contributed by atoms with E-state index < -0.39 is 5.97 Å². The van der Waals surface area contributed by atoms with Gasteiger partial charge in [-0.05, 0) is 31.6 Å². The van der Waals surface area contributed by atoms with Crippen LogP contribution < -0.4 is 5.32 Å². The van der Waals surface area contributed by atoms with Gasteiger partial charge in [0.15, 0.2) is 0 Å². The number of carboxylic acid groups (broad SMARTS) is 1. The Balaban J connectivity index is 2.43. The Morgan fingerprint density at radius 3 is 2.39 bits per heavy atom. The van der Waals surface area contributed by atoms with Crippen molar-refractivity contribution in [1.29, 1.82) is 0 Å². The van der Waals surface area contributed by atoms with Crippen LogP contribution in [-0.2, 0) is 9.59 Å². The maximum atomic E-state index is 12.3. The lowest BCUT2D eigenvalue weighted by Gasteiger charge is -2.29. The lowest BCUT2D eigenvalue weighted by Crippen LogP contribution is -2.40. The number of hydrogen-bond acceptors (Lipinski definition) is 2. The summed E-state index contributed by atoms with van der Waals surface area (Å²) in [6.07, 6.45) is 5.81. The zero-order valence-electron chi connectivity index (χ0n) is 11.5. The molecule has 1 saturated carbocycles. The molecule has 0 aromatic rings. The highest BCUT2D eigenvalue weighted by atomic mass is 16.4. The van der Waals surface area contributed by atoms with E-state index in [2.05, 4.69) is 19.2 Å². The molecule has 4 nitrogen and oxygen atoms in total. The number of carbonyl (C=O) groups excluding carboxylic acids is 1. The molecular weight excluding hydrogens is 230 g/mol. The van der Waals surface area contributed by atoms with E-state index in [-0.39, 0.29) is 17.7 Å². The molecule has 0 unspecified atom stereocenters. The van der Waals surface area contributed by atoms with Crippen molar-refractivity contribution in [1.82, 2.24) is 5.32 Å². The van der Waals surface area contributed by atoms with E-state index in [9.17, 15) is 9.59 Å². The van der Waals surface area contributed by atoms with E-state index in [1.165, 1.54) is 0 Å². The maximum Gasteiger partial charge on any atom is 0.303 e. The number of rotatable bonds is 7. The zero-order valence-corrected chi connectivity index (χ0v) is 11.5. The highest BCUT2D eigenvalue weighted by Crippen LogP contribution is 2.43. The second kappa shape index (κ2) is 6.76. The molecular formula is C14H25NO3. The summed E-state index contributed by atoms with van der Waals surface area (Å²) in [5, 5.41) is 11.5. The fraction of sp³-hybridized carbons (Fsp3) is 0.857. The summed E-state index contributed by atoms with van der Waals surface area (Å²) >= 11 is 0. The predicted octanol–water partition coefficient (Wildman–Crippen LogP) is 2.57. The number of amides is 1. The van der Waals surface area contributed by atoms with Gasteiger partial charge in [0, 0.05) is 18.4 Å². The summed E-state index contributed by atoms with van der Waals surface area (Å²) < 4.78 is 0. The van der Waals surface area contributed by atoms with Crippen molar-refractivity contribution >= 4 is 11.9 Å². The zero-order chi connectivity index (χ0) is 13.6. The van der Waals surface area contributed by atoms with Gasteiger partial charge in [0.2, 0.25) is 5.91 Å². The molecule has 0 aliphatic heterocycles. The summed E-state index contributed by atoms with van der Waals surface area (Å²) in [5.74, 6) is -0.144. The Hall–Kier alpha value is -1.06. The number of carboxylic acids is 1. The minimum atomic E-state index is -0.804. The molecule has 4 heteroatoms. The first kappa shape index (κ1) is 15.0. The summed E-state index contributed by atoms with van der Waals surface area (Å²) in [7, 11) is 0. The molecule has 0 atom stereocenters. The fourth-order valence-electron chi connectivity index (χ4n) is 2.99. The van der Waals surface area contributed by atoms with Gasteiger partial charge in [-0.2, -0.15) is 0 Å². The average molecular weight is 255 g/mol. The molecule has 2 N–H and O–H groups in total. The van der Waals surface area contributed by atoms with Crippen LogP contribution in [0.25, 0.3) is 0 Å². The first-order chi connectivity index (χ1) is 8.46. The minimum Gasteiger partial charge on any atom is -0.481 e. The van der Waals surface area contributed by atoms with Crippen LogP contribution in [0, 0.1) is 11.3 Å². The van der Waals surface area contributed by atoms with E-state index in [1.807, 2.05) is 0 Å². The number of hydrogen-bond donors (Lipinski definition) is 2. The SMILES string of the molecule is CC(C)CC1(C(=O)NCCCC(=O)O)CCCC1. The van der Waals surface area contributed by atoms with Crippen LogP contribution in [0.5, 0.6) is 0 Å². The predicted molar refractivity (Wildman–Crippen MR) is 70.2 cm³/mol. The second-order valence-electron chi connectivity index (χ2n) is 5.84. The van der Waals surface area contributed by atoms with Crippen LogP contribution in [0.1, 0.15) is 58.8 Å². The normalized spacial score (nSPS) is 17.9. The molecule has 0 aromatic heterocycles. The third-order valence-electron chi connectivity index (χ3n) is 3.69. The van der Waals surface area contributed by atoms with Crippen LogP contribution in [0.3, 0.4) is 0 Å². The molecule has 0 radical (unpaired) electrons. The highest BCUT2D eigenvalue weighted by Gasteiger charge is 2.40. The lowest BCUT2D eigenvalue weighted by molar-refractivity contribution is -0.137. The van der Waals surface area contributed by atoms with Crippen LogP contribution in [-0.4, -0.2) is 23.5 Å². The van der Waals surface area contributed by atoms with Gasteiger partial charge in [-0.15, -0.1) is 0 Å². The summed E-state index contributed by atoms with van der Waals surface area (Å²) in [6.45, 7) is 4.78. The molecule has 0 saturated heterocycles. The Labute approximate surface area is 109 Å². The van der Waals surface area contributed by atoms with E-state index in [1.54, 1.807) is 0 Å². The summed E-state index contributed by atoms with van der Waals surface area (Å²) in [5.41, 5.74) is -0.183. The van der Waals surface area contributed by atoms with Crippen molar-refractivity contribution < 1.29 is 14.7 Å². The molecule has 18 heavy (non-hydrogen) atoms. The lowest BCUT2D eigenvalue weighted by atomic mass is 9.77. The topological polar surface area (TPSA) is 66.4 Å². The first-order valence-electron chi connectivity index (χ1n) is 6.96. The van der Waals surface area contributed by atoms with Crippen molar-refractivity contribution in [3.8, 4) is 0 Å². The smallest absolute Gasteiger partial charge is 0.303 e. The van der Waals surface area contributed by atoms with Gasteiger partial charge in [-0.25, -0.2) is 0 Å². The van der Waals surface area contributed by atoms with Gasteiger partial charge >= 0.3 is 5.97 Å². The Kier molecular flexibility index (Phi) is 5.63. The third kappa shape index (κ3) is 4.31. The molecule has 0 heterocycles. The minimum absolute atomic E-state index is 0.122. The van der Waals surface area contributed by atoms with Gasteiger partial charge in [-0.3, -0.25) is 9.59 Å². The average Bonchev–Trinajstić information content (AvgIpc) is 2.72. The van der Waals surface area contributed by atoms with Crippen LogP contribution in [0.2, 0.25) is 0 Å². The molecule has 0 aromatic carbocycles. The van der Waals surface area contributed by atoms with Crippen molar-refractivity contribution in [2.45, 2.75) is 58.8 Å². The van der Waals surface area contributed by atoms with Crippen molar-refractivity contribution in [3.63, 3.8) is 0 Å². The molecule has 1 aliphatic rings. The summed E-state index contributed by atoms with van der Waals surface area (Å²) in [6, 6.07) is 0. The van der Waals surface area contributed by atoms with Crippen molar-refractivity contribution in [2.24, 2.45) is 11.3 Å². The monoisotopic (exact) mass is 255 g/mol. The van der Waals surface area contributed by atoms with E-state index in [4.69, 9.17) is 5.11 Å². The highest BCUT2D eigenvalue weighted by molar-refractivity contribution is 5.83. The largest absolute Gasteiger partial charge is 0.481 e. The van der Waals surface area contributed by atoms with Gasteiger partial charge < -0.3 is 10.4 Å². The molecule has 0 spiro atoms. The fourth-order valence-corrected chi connectivity index (χ4v) is 2.99. The van der Waals surface area contributed by atoms with Crippen LogP contribution >= 0.6 is 0 Å². The van der Waals surface area contributed by atoms with Gasteiger partial charge in [0.1, 0.15) is 0 Å². The standard InChI is InChI=1S/C14H25NO3/c1-11(2)10-14(7-3-4-8-14)13(18)15-9-5-6-12(16)17/h11H,3-10H2,1-2H3,(H,15,18)(H,16,17). The molecule has 1 fully saturated rings. The van der Waals surface area contributed by atoms with E-state index in [0.717, 1.165) is 32.1 Å². The first-order valence-corrected chi connectivity index (χ1v) is 6.96. The van der Waals surface area contributed by atoms with E-state index >= 15 is 0 Å². The van der Waals surface area contributed by atoms with Crippen LogP contribution in [0.15, 0.2) is 0 Å². The Bertz CT molecular complexity index is 293. The van der Waals surface area contributed by atoms with Crippen LogP contribution in [0.4, 0.5) is 0 Å². The van der Waals surface area contributed by atoms with Gasteiger partial charge in [0.25, 0.3) is 0 Å². The molecule has 1 aliphatic carbocycles. The number of carbonyl (C=O) groups is 2. The quantitative estimate of drug-likeness (QED) is 0.687. The summed E-state index contributed by atoms with van der Waals surface area (Å²) in [4.78, 5) is 22.7. The molecule has 104 valence electrons. The molecule has 0 bridgehead atoms. The Morgan fingerprint density at radius 2 is 1.89 bits per heavy atom. The molecule has 1 rings (SSSR count). The third-order valence-corrected chi connectivity index (χ3v) is 3.69. The maximum absolute atomic E-state index is 12.3. The van der Waals surface area contributed by atoms with Crippen molar-refractivity contribution in [3.05, 3.63) is 0 Å². The second-order valence-corrected chi connectivity index (χ2v) is 5.84. The molecule has 1 amide bonds. The van der Waals surface area contributed by atoms with E-state index in [0.29, 0.717) is 18.9 Å². The van der Waals surface area contributed by atoms with Gasteiger partial charge in [-0.1, -0.05) is 26.7 Å².